The van der Waals surface area contributed by atoms with Gasteiger partial charge >= 0.3 is 0 Å². The first-order valence-corrected chi connectivity index (χ1v) is 9.71. The highest BCUT2D eigenvalue weighted by molar-refractivity contribution is 8.78. The molecule has 0 heterocycles. The summed E-state index contributed by atoms with van der Waals surface area (Å²) in [6, 6.07) is 15.0. The number of ketones is 2. The highest BCUT2D eigenvalue weighted by atomic mass is 33.1. The monoisotopic (exact) mass is 354 g/mol. The van der Waals surface area contributed by atoms with Gasteiger partial charge in [0.15, 0.2) is 11.6 Å². The number of rotatable bonds is 7. The molecule has 0 aliphatic carbocycles. The molecule has 2 nitrogen and oxygen atoms in total. The maximum atomic E-state index is 11.9. The molecule has 0 spiro atoms. The second kappa shape index (κ2) is 9.30. The van der Waals surface area contributed by atoms with E-state index in [1.165, 1.54) is 33.7 Å². The summed E-state index contributed by atoms with van der Waals surface area (Å²) in [5.41, 5.74) is 3.60. The largest absolute Gasteiger partial charge is 0.289 e. The van der Waals surface area contributed by atoms with Crippen LogP contribution in [-0.2, 0) is 0 Å². The van der Waals surface area contributed by atoms with Crippen molar-refractivity contribution in [3.63, 3.8) is 0 Å². The SMILES string of the molecule is Cc1ccc(C(=O)/C=C/SS/C=C/C(=O)c2ccc(C)cc2)cc1. The standard InChI is InChI=1S/C20H18O2S2/c1-15-3-7-17(8-4-15)19(21)11-13-23-24-14-12-20(22)18-9-5-16(2)6-10-18/h3-14H,1-2H3/b13-11+,14-12+. The fourth-order valence-corrected chi connectivity index (χ4v) is 3.08. The Morgan fingerprint density at radius 1 is 0.667 bits per heavy atom. The number of hydrogen-bond acceptors (Lipinski definition) is 4. The molecule has 0 bridgehead atoms. The van der Waals surface area contributed by atoms with Gasteiger partial charge in [-0.05, 0) is 36.8 Å². The van der Waals surface area contributed by atoms with Crippen LogP contribution in [0, 0.1) is 13.8 Å². The van der Waals surface area contributed by atoms with Gasteiger partial charge in [0.05, 0.1) is 0 Å². The molecule has 0 radical (unpaired) electrons. The van der Waals surface area contributed by atoms with Gasteiger partial charge in [0.25, 0.3) is 0 Å². The minimum absolute atomic E-state index is 0.0252. The van der Waals surface area contributed by atoms with Crippen molar-refractivity contribution in [2.45, 2.75) is 13.8 Å². The maximum Gasteiger partial charge on any atom is 0.186 e. The van der Waals surface area contributed by atoms with E-state index in [1.807, 2.05) is 62.4 Å². The van der Waals surface area contributed by atoms with Crippen molar-refractivity contribution in [2.75, 3.05) is 0 Å². The third-order valence-corrected chi connectivity index (χ3v) is 4.88. The second-order valence-electron chi connectivity index (χ2n) is 5.26. The third-order valence-electron chi connectivity index (χ3n) is 3.28. The fourth-order valence-electron chi connectivity index (χ4n) is 1.87. The van der Waals surface area contributed by atoms with E-state index in [0.29, 0.717) is 11.1 Å². The molecule has 2 aromatic rings. The second-order valence-corrected chi connectivity index (χ2v) is 7.34. The van der Waals surface area contributed by atoms with Gasteiger partial charge in [0.2, 0.25) is 0 Å². The topological polar surface area (TPSA) is 34.1 Å². The van der Waals surface area contributed by atoms with Gasteiger partial charge in [-0.2, -0.15) is 0 Å². The van der Waals surface area contributed by atoms with Crippen LogP contribution in [0.4, 0.5) is 0 Å². The van der Waals surface area contributed by atoms with Crippen LogP contribution in [-0.4, -0.2) is 11.6 Å². The molecule has 0 aliphatic rings. The summed E-state index contributed by atoms with van der Waals surface area (Å²) in [7, 11) is 2.79. The smallest absolute Gasteiger partial charge is 0.186 e. The molecule has 0 amide bonds. The van der Waals surface area contributed by atoms with Crippen molar-refractivity contribution in [3.8, 4) is 0 Å². The maximum absolute atomic E-state index is 11.9. The molecule has 0 saturated heterocycles. The lowest BCUT2D eigenvalue weighted by molar-refractivity contribution is 0.103. The Morgan fingerprint density at radius 2 is 1.00 bits per heavy atom. The molecule has 0 aromatic heterocycles. The predicted molar refractivity (Wildman–Crippen MR) is 104 cm³/mol. The van der Waals surface area contributed by atoms with Crippen LogP contribution in [0.25, 0.3) is 0 Å². The number of benzene rings is 2. The Hall–Kier alpha value is -2.04. The Bertz CT molecular complexity index is 690. The van der Waals surface area contributed by atoms with Crippen LogP contribution in [0.1, 0.15) is 31.8 Å². The van der Waals surface area contributed by atoms with Crippen molar-refractivity contribution in [1.29, 1.82) is 0 Å². The van der Waals surface area contributed by atoms with Gasteiger partial charge in [0.1, 0.15) is 0 Å². The molecular weight excluding hydrogens is 336 g/mol. The summed E-state index contributed by atoms with van der Waals surface area (Å²) in [6.45, 7) is 3.97. The summed E-state index contributed by atoms with van der Waals surface area (Å²) in [6.07, 6.45) is 3.08. The van der Waals surface area contributed by atoms with E-state index >= 15 is 0 Å². The van der Waals surface area contributed by atoms with Crippen LogP contribution in [0.5, 0.6) is 0 Å². The number of carbonyl (C=O) groups is 2. The minimum atomic E-state index is -0.0252. The van der Waals surface area contributed by atoms with Gasteiger partial charge < -0.3 is 0 Å². The first-order valence-electron chi connectivity index (χ1n) is 7.43. The predicted octanol–water partition coefficient (Wildman–Crippen LogP) is 5.78. The lowest BCUT2D eigenvalue weighted by Gasteiger charge is -1.96. The van der Waals surface area contributed by atoms with E-state index in [2.05, 4.69) is 0 Å². The molecular formula is C20H18O2S2. The molecule has 24 heavy (non-hydrogen) atoms. The average molecular weight is 354 g/mol. The van der Waals surface area contributed by atoms with Gasteiger partial charge in [-0.25, -0.2) is 0 Å². The zero-order valence-corrected chi connectivity index (χ0v) is 15.2. The highest BCUT2D eigenvalue weighted by Crippen LogP contribution is 2.24. The van der Waals surface area contributed by atoms with Gasteiger partial charge in [-0.1, -0.05) is 81.2 Å². The van der Waals surface area contributed by atoms with E-state index in [1.54, 1.807) is 10.8 Å². The normalized spacial score (nSPS) is 11.2. The molecule has 0 unspecified atom stereocenters. The van der Waals surface area contributed by atoms with Crippen LogP contribution < -0.4 is 0 Å². The molecule has 0 N–H and O–H groups in total. The molecule has 4 heteroatoms. The summed E-state index contributed by atoms with van der Waals surface area (Å²) < 4.78 is 0. The van der Waals surface area contributed by atoms with Crippen molar-refractivity contribution in [3.05, 3.63) is 93.8 Å². The number of allylic oxidation sites excluding steroid dienone is 2. The minimum Gasteiger partial charge on any atom is -0.289 e. The molecule has 0 atom stereocenters. The van der Waals surface area contributed by atoms with Crippen LogP contribution in [0.15, 0.2) is 71.5 Å². The van der Waals surface area contributed by atoms with E-state index in [4.69, 9.17) is 0 Å². The van der Waals surface area contributed by atoms with Crippen molar-refractivity contribution < 1.29 is 9.59 Å². The fraction of sp³-hybridized carbons (Fsp3) is 0.100. The highest BCUT2D eigenvalue weighted by Gasteiger charge is 2.01. The van der Waals surface area contributed by atoms with E-state index in [9.17, 15) is 9.59 Å². The van der Waals surface area contributed by atoms with Crippen LogP contribution in [0.3, 0.4) is 0 Å². The van der Waals surface area contributed by atoms with E-state index in [0.717, 1.165) is 11.1 Å². The zero-order chi connectivity index (χ0) is 17.4. The van der Waals surface area contributed by atoms with E-state index < -0.39 is 0 Å². The summed E-state index contributed by atoms with van der Waals surface area (Å²) in [5, 5.41) is 3.46. The summed E-state index contributed by atoms with van der Waals surface area (Å²) >= 11 is 0. The Kier molecular flexibility index (Phi) is 7.09. The number of aryl methyl sites for hydroxylation is 2. The Balaban J connectivity index is 1.77. The molecule has 122 valence electrons. The van der Waals surface area contributed by atoms with Gasteiger partial charge in [-0.15, -0.1) is 0 Å². The number of carbonyl (C=O) groups excluding carboxylic acids is 2. The van der Waals surface area contributed by atoms with Gasteiger partial charge in [-0.3, -0.25) is 9.59 Å². The molecule has 0 aliphatic heterocycles. The zero-order valence-electron chi connectivity index (χ0n) is 13.6. The summed E-state index contributed by atoms with van der Waals surface area (Å²) in [5.74, 6) is -0.0503. The number of hydrogen-bond donors (Lipinski definition) is 0. The Morgan fingerprint density at radius 3 is 1.33 bits per heavy atom. The van der Waals surface area contributed by atoms with Crippen molar-refractivity contribution in [1.82, 2.24) is 0 Å². The van der Waals surface area contributed by atoms with E-state index in [-0.39, 0.29) is 11.6 Å². The summed E-state index contributed by atoms with van der Waals surface area (Å²) in [4.78, 5) is 23.9. The van der Waals surface area contributed by atoms with Crippen molar-refractivity contribution >= 4 is 33.2 Å². The average Bonchev–Trinajstić information content (AvgIpc) is 2.58. The molecule has 0 saturated carbocycles. The van der Waals surface area contributed by atoms with Gasteiger partial charge in [0, 0.05) is 11.1 Å². The lowest BCUT2D eigenvalue weighted by Crippen LogP contribution is -1.93. The van der Waals surface area contributed by atoms with Crippen LogP contribution in [0.2, 0.25) is 0 Å². The first kappa shape index (κ1) is 18.3. The third kappa shape index (κ3) is 5.87. The first-order chi connectivity index (χ1) is 11.6. The quantitative estimate of drug-likeness (QED) is 0.273. The molecule has 2 aromatic carbocycles. The molecule has 0 fully saturated rings. The lowest BCUT2D eigenvalue weighted by atomic mass is 10.1. The Labute approximate surface area is 150 Å². The van der Waals surface area contributed by atoms with Crippen molar-refractivity contribution in [2.24, 2.45) is 0 Å². The van der Waals surface area contributed by atoms with Crippen LogP contribution >= 0.6 is 21.6 Å². The molecule has 2 rings (SSSR count).